The van der Waals surface area contributed by atoms with Crippen molar-refractivity contribution in [1.82, 2.24) is 10.2 Å². The fraction of sp³-hybridized carbons (Fsp3) is 0.917. The van der Waals surface area contributed by atoms with Gasteiger partial charge in [0.2, 0.25) is 5.91 Å². The van der Waals surface area contributed by atoms with Crippen LogP contribution in [0.2, 0.25) is 0 Å². The Hall–Kier alpha value is -0.570. The second kappa shape index (κ2) is 6.11. The summed E-state index contributed by atoms with van der Waals surface area (Å²) in [7, 11) is 0. The van der Waals surface area contributed by atoms with Crippen molar-refractivity contribution in [1.29, 1.82) is 0 Å². The normalized spacial score (nSPS) is 21.7. The summed E-state index contributed by atoms with van der Waals surface area (Å²) in [5.41, 5.74) is 0. The minimum absolute atomic E-state index is 0.275. The van der Waals surface area contributed by atoms with Crippen LogP contribution in [-0.4, -0.2) is 30.1 Å². The lowest BCUT2D eigenvalue weighted by molar-refractivity contribution is -0.128. The van der Waals surface area contributed by atoms with E-state index in [1.807, 2.05) is 4.90 Å². The van der Waals surface area contributed by atoms with E-state index in [1.165, 1.54) is 6.42 Å². The quantitative estimate of drug-likeness (QED) is 0.730. The summed E-state index contributed by atoms with van der Waals surface area (Å²) < 4.78 is 0. The van der Waals surface area contributed by atoms with E-state index in [-0.39, 0.29) is 5.91 Å². The molecule has 0 saturated carbocycles. The van der Waals surface area contributed by atoms with Crippen LogP contribution in [0.1, 0.15) is 46.5 Å². The Balaban J connectivity index is 2.32. The average molecular weight is 212 g/mol. The Morgan fingerprint density at radius 3 is 2.87 bits per heavy atom. The number of carbonyl (C=O) groups is 1. The molecule has 1 unspecified atom stereocenters. The van der Waals surface area contributed by atoms with Gasteiger partial charge in [0.15, 0.2) is 0 Å². The van der Waals surface area contributed by atoms with Crippen molar-refractivity contribution in [2.75, 3.05) is 13.1 Å². The molecule has 1 N–H and O–H groups in total. The molecule has 1 saturated heterocycles. The molecule has 1 heterocycles. The number of amides is 1. The molecule has 1 atom stereocenters. The van der Waals surface area contributed by atoms with Gasteiger partial charge in [-0.1, -0.05) is 27.2 Å². The van der Waals surface area contributed by atoms with Gasteiger partial charge in [0.25, 0.3) is 0 Å². The standard InChI is InChI=1S/C12H24N2O/c1-4-6-11-13-9-12(15)14(11)8-5-7-10(2)3/h10-11,13H,4-9H2,1-3H3. The van der Waals surface area contributed by atoms with E-state index in [9.17, 15) is 4.79 Å². The van der Waals surface area contributed by atoms with E-state index in [4.69, 9.17) is 0 Å². The van der Waals surface area contributed by atoms with Gasteiger partial charge in [-0.15, -0.1) is 0 Å². The van der Waals surface area contributed by atoms with Gasteiger partial charge in [0.1, 0.15) is 0 Å². The molecule has 1 rings (SSSR count). The highest BCUT2D eigenvalue weighted by atomic mass is 16.2. The summed E-state index contributed by atoms with van der Waals surface area (Å²) in [5, 5.41) is 3.27. The van der Waals surface area contributed by atoms with Gasteiger partial charge in [-0.05, 0) is 25.2 Å². The molecule has 3 heteroatoms. The van der Waals surface area contributed by atoms with E-state index < -0.39 is 0 Å². The molecule has 0 aromatic carbocycles. The van der Waals surface area contributed by atoms with Crippen molar-refractivity contribution in [3.63, 3.8) is 0 Å². The molecule has 0 aliphatic carbocycles. The molecular weight excluding hydrogens is 188 g/mol. The van der Waals surface area contributed by atoms with Crippen LogP contribution in [-0.2, 0) is 4.79 Å². The number of rotatable bonds is 6. The van der Waals surface area contributed by atoms with Gasteiger partial charge < -0.3 is 4.90 Å². The first-order valence-electron chi connectivity index (χ1n) is 6.18. The maximum Gasteiger partial charge on any atom is 0.237 e. The zero-order valence-corrected chi connectivity index (χ0v) is 10.3. The molecule has 0 bridgehead atoms. The third kappa shape index (κ3) is 3.82. The van der Waals surface area contributed by atoms with Gasteiger partial charge in [-0.2, -0.15) is 0 Å². The first-order valence-corrected chi connectivity index (χ1v) is 6.18. The maximum absolute atomic E-state index is 11.6. The van der Waals surface area contributed by atoms with Crippen molar-refractivity contribution < 1.29 is 4.79 Å². The van der Waals surface area contributed by atoms with Gasteiger partial charge in [0.05, 0.1) is 12.7 Å². The van der Waals surface area contributed by atoms with E-state index in [1.54, 1.807) is 0 Å². The van der Waals surface area contributed by atoms with Crippen LogP contribution < -0.4 is 5.32 Å². The Bertz CT molecular complexity index is 204. The van der Waals surface area contributed by atoms with E-state index in [0.29, 0.717) is 12.7 Å². The van der Waals surface area contributed by atoms with Crippen molar-refractivity contribution in [2.45, 2.75) is 52.6 Å². The highest BCUT2D eigenvalue weighted by Gasteiger charge is 2.28. The molecule has 3 nitrogen and oxygen atoms in total. The lowest BCUT2D eigenvalue weighted by Crippen LogP contribution is -2.37. The number of hydrogen-bond donors (Lipinski definition) is 1. The third-order valence-electron chi connectivity index (χ3n) is 2.93. The average Bonchev–Trinajstić information content (AvgIpc) is 2.50. The van der Waals surface area contributed by atoms with Crippen LogP contribution in [0.4, 0.5) is 0 Å². The fourth-order valence-corrected chi connectivity index (χ4v) is 2.07. The highest BCUT2D eigenvalue weighted by molar-refractivity contribution is 5.80. The number of nitrogens with zero attached hydrogens (tertiary/aromatic N) is 1. The summed E-state index contributed by atoms with van der Waals surface area (Å²) >= 11 is 0. The zero-order valence-electron chi connectivity index (χ0n) is 10.3. The smallest absolute Gasteiger partial charge is 0.237 e. The minimum atomic E-state index is 0.275. The summed E-state index contributed by atoms with van der Waals surface area (Å²) in [6.45, 7) is 8.08. The van der Waals surface area contributed by atoms with Crippen LogP contribution in [0.25, 0.3) is 0 Å². The molecule has 0 aromatic heterocycles. The molecule has 1 aliphatic rings. The van der Waals surface area contributed by atoms with Crippen molar-refractivity contribution >= 4 is 5.91 Å². The Kier molecular flexibility index (Phi) is 5.09. The SMILES string of the molecule is CCCC1NCC(=O)N1CCCC(C)C. The maximum atomic E-state index is 11.6. The molecule has 0 spiro atoms. The van der Waals surface area contributed by atoms with Gasteiger partial charge in [0, 0.05) is 6.54 Å². The topological polar surface area (TPSA) is 32.3 Å². The molecule has 88 valence electrons. The van der Waals surface area contributed by atoms with Crippen LogP contribution in [0.3, 0.4) is 0 Å². The predicted octanol–water partition coefficient (Wildman–Crippen LogP) is 1.98. The monoisotopic (exact) mass is 212 g/mol. The van der Waals surface area contributed by atoms with Crippen LogP contribution in [0, 0.1) is 5.92 Å². The van der Waals surface area contributed by atoms with Crippen molar-refractivity contribution in [3.8, 4) is 0 Å². The van der Waals surface area contributed by atoms with Crippen LogP contribution in [0.5, 0.6) is 0 Å². The summed E-state index contributed by atoms with van der Waals surface area (Å²) in [4.78, 5) is 13.6. The first-order chi connectivity index (χ1) is 7.15. The number of carbonyl (C=O) groups excluding carboxylic acids is 1. The molecule has 0 radical (unpaired) electrons. The third-order valence-corrected chi connectivity index (χ3v) is 2.93. The Labute approximate surface area is 93.2 Å². The molecule has 1 fully saturated rings. The van der Waals surface area contributed by atoms with E-state index in [2.05, 4.69) is 26.1 Å². The Morgan fingerprint density at radius 2 is 2.27 bits per heavy atom. The summed E-state index contributed by atoms with van der Waals surface area (Å²) in [5.74, 6) is 1.01. The van der Waals surface area contributed by atoms with Gasteiger partial charge in [-0.3, -0.25) is 10.1 Å². The highest BCUT2D eigenvalue weighted by Crippen LogP contribution is 2.13. The van der Waals surface area contributed by atoms with E-state index >= 15 is 0 Å². The lowest BCUT2D eigenvalue weighted by Gasteiger charge is -2.24. The number of nitrogens with one attached hydrogen (secondary N) is 1. The van der Waals surface area contributed by atoms with Crippen molar-refractivity contribution in [3.05, 3.63) is 0 Å². The second-order valence-corrected chi connectivity index (χ2v) is 4.81. The number of hydrogen-bond acceptors (Lipinski definition) is 2. The minimum Gasteiger partial charge on any atom is -0.326 e. The molecule has 1 amide bonds. The van der Waals surface area contributed by atoms with Gasteiger partial charge in [-0.25, -0.2) is 0 Å². The molecule has 1 aliphatic heterocycles. The molecular formula is C12H24N2O. The zero-order chi connectivity index (χ0) is 11.3. The Morgan fingerprint density at radius 1 is 1.53 bits per heavy atom. The van der Waals surface area contributed by atoms with Crippen LogP contribution in [0.15, 0.2) is 0 Å². The second-order valence-electron chi connectivity index (χ2n) is 4.81. The lowest BCUT2D eigenvalue weighted by atomic mass is 10.1. The largest absolute Gasteiger partial charge is 0.326 e. The van der Waals surface area contributed by atoms with Crippen LogP contribution >= 0.6 is 0 Å². The summed E-state index contributed by atoms with van der Waals surface area (Å²) in [6, 6.07) is 0. The van der Waals surface area contributed by atoms with Crippen molar-refractivity contribution in [2.24, 2.45) is 5.92 Å². The molecule has 15 heavy (non-hydrogen) atoms. The van der Waals surface area contributed by atoms with E-state index in [0.717, 1.165) is 31.7 Å². The molecule has 0 aromatic rings. The predicted molar refractivity (Wildman–Crippen MR) is 62.5 cm³/mol. The first kappa shape index (κ1) is 12.5. The summed E-state index contributed by atoms with van der Waals surface area (Å²) in [6.07, 6.45) is 4.85. The fourth-order valence-electron chi connectivity index (χ4n) is 2.07. The van der Waals surface area contributed by atoms with Gasteiger partial charge >= 0.3 is 0 Å².